The van der Waals surface area contributed by atoms with Gasteiger partial charge in [0.1, 0.15) is 12.4 Å². The van der Waals surface area contributed by atoms with Crippen LogP contribution < -0.4 is 0 Å². The Balaban J connectivity index is 1.79. The number of fused-ring (bicyclic) bond motifs is 2. The van der Waals surface area contributed by atoms with Crippen molar-refractivity contribution >= 4 is 28.5 Å². The standard InChI is InChI=1S/C23H23NO4/c1-2-26-13-14-28-23(25)21-18-9-3-4-11-20(18)24-22-16(7-5-10-19(21)22)15-17-8-6-12-27-17/h3-4,6,8-9,11-12,15H,2,5,7,10,13-14H2,1H3/b16-15+. The van der Waals surface area contributed by atoms with Gasteiger partial charge in [0.15, 0.2) is 0 Å². The highest BCUT2D eigenvalue weighted by atomic mass is 16.6. The van der Waals surface area contributed by atoms with Crippen molar-refractivity contribution in [1.29, 1.82) is 0 Å². The molecule has 0 saturated carbocycles. The molecular weight excluding hydrogens is 354 g/mol. The van der Waals surface area contributed by atoms with Crippen LogP contribution in [0.2, 0.25) is 0 Å². The van der Waals surface area contributed by atoms with Crippen LogP contribution in [0.4, 0.5) is 0 Å². The number of para-hydroxylation sites is 1. The zero-order valence-corrected chi connectivity index (χ0v) is 15.9. The lowest BCUT2D eigenvalue weighted by molar-refractivity contribution is 0.0336. The van der Waals surface area contributed by atoms with Crippen molar-refractivity contribution in [3.8, 4) is 0 Å². The number of ether oxygens (including phenoxy) is 2. The Hall–Kier alpha value is -2.92. The molecule has 0 aliphatic heterocycles. The first kappa shape index (κ1) is 18.4. The van der Waals surface area contributed by atoms with E-state index in [0.29, 0.717) is 18.8 Å². The average Bonchev–Trinajstić information content (AvgIpc) is 3.23. The molecule has 1 aromatic carbocycles. The van der Waals surface area contributed by atoms with Gasteiger partial charge in [-0.05, 0) is 61.6 Å². The monoisotopic (exact) mass is 377 g/mol. The van der Waals surface area contributed by atoms with Crippen molar-refractivity contribution in [1.82, 2.24) is 4.98 Å². The highest BCUT2D eigenvalue weighted by Crippen LogP contribution is 2.36. The fourth-order valence-corrected chi connectivity index (χ4v) is 3.66. The van der Waals surface area contributed by atoms with Crippen molar-refractivity contribution in [3.63, 3.8) is 0 Å². The molecule has 28 heavy (non-hydrogen) atoms. The number of carbonyl (C=O) groups excluding carboxylic acids is 1. The first-order valence-corrected chi connectivity index (χ1v) is 9.69. The predicted molar refractivity (Wildman–Crippen MR) is 108 cm³/mol. The molecule has 5 heteroatoms. The van der Waals surface area contributed by atoms with E-state index in [-0.39, 0.29) is 12.6 Å². The molecule has 1 aliphatic rings. The lowest BCUT2D eigenvalue weighted by Gasteiger charge is -2.22. The van der Waals surface area contributed by atoms with E-state index < -0.39 is 0 Å². The normalized spacial score (nSPS) is 15.0. The topological polar surface area (TPSA) is 61.6 Å². The van der Waals surface area contributed by atoms with E-state index in [2.05, 4.69) is 0 Å². The molecule has 0 atom stereocenters. The third-order valence-electron chi connectivity index (χ3n) is 4.90. The van der Waals surface area contributed by atoms with E-state index in [4.69, 9.17) is 18.9 Å². The van der Waals surface area contributed by atoms with Gasteiger partial charge in [-0.25, -0.2) is 9.78 Å². The van der Waals surface area contributed by atoms with Gasteiger partial charge in [-0.3, -0.25) is 0 Å². The van der Waals surface area contributed by atoms with Crippen LogP contribution in [0.25, 0.3) is 22.6 Å². The number of furan rings is 1. The summed E-state index contributed by atoms with van der Waals surface area (Å²) in [4.78, 5) is 17.9. The molecule has 0 radical (unpaired) electrons. The number of pyridine rings is 1. The van der Waals surface area contributed by atoms with Gasteiger partial charge in [0.2, 0.25) is 0 Å². The summed E-state index contributed by atoms with van der Waals surface area (Å²) in [6, 6.07) is 11.5. The van der Waals surface area contributed by atoms with Gasteiger partial charge in [-0.15, -0.1) is 0 Å². The molecule has 0 N–H and O–H groups in total. The van der Waals surface area contributed by atoms with Crippen LogP contribution in [0.3, 0.4) is 0 Å². The van der Waals surface area contributed by atoms with E-state index in [1.165, 1.54) is 0 Å². The van der Waals surface area contributed by atoms with Crippen molar-refractivity contribution in [3.05, 3.63) is 65.2 Å². The summed E-state index contributed by atoms with van der Waals surface area (Å²) >= 11 is 0. The SMILES string of the molecule is CCOCCOC(=O)c1c2c(nc3ccccc13)/C(=C/c1ccco1)CCC2. The zero-order chi connectivity index (χ0) is 19.3. The average molecular weight is 377 g/mol. The summed E-state index contributed by atoms with van der Waals surface area (Å²) in [7, 11) is 0. The number of aromatic nitrogens is 1. The minimum atomic E-state index is -0.311. The number of rotatable bonds is 6. The number of carbonyl (C=O) groups is 1. The van der Waals surface area contributed by atoms with Gasteiger partial charge in [0.05, 0.1) is 29.6 Å². The molecular formula is C23H23NO4. The minimum absolute atomic E-state index is 0.243. The molecule has 0 spiro atoms. The predicted octanol–water partition coefficient (Wildman–Crippen LogP) is 4.90. The second-order valence-electron chi connectivity index (χ2n) is 6.70. The largest absolute Gasteiger partial charge is 0.465 e. The number of hydrogen-bond donors (Lipinski definition) is 0. The summed E-state index contributed by atoms with van der Waals surface area (Å²) in [6.07, 6.45) is 6.34. The number of nitrogens with zero attached hydrogens (tertiary/aromatic N) is 1. The van der Waals surface area contributed by atoms with Crippen molar-refractivity contribution in [2.24, 2.45) is 0 Å². The van der Waals surface area contributed by atoms with Crippen LogP contribution in [0.1, 0.15) is 47.1 Å². The Bertz CT molecular complexity index is 1000. The number of hydrogen-bond acceptors (Lipinski definition) is 5. The molecule has 2 heterocycles. The molecule has 3 aromatic rings. The molecule has 1 aliphatic carbocycles. The first-order valence-electron chi connectivity index (χ1n) is 9.69. The molecule has 0 saturated heterocycles. The maximum Gasteiger partial charge on any atom is 0.339 e. The molecule has 4 rings (SSSR count). The van der Waals surface area contributed by atoms with Crippen molar-refractivity contribution in [2.75, 3.05) is 19.8 Å². The number of allylic oxidation sites excluding steroid dienone is 1. The van der Waals surface area contributed by atoms with Gasteiger partial charge in [-0.1, -0.05) is 18.2 Å². The number of benzene rings is 1. The Labute approximate surface area is 164 Å². The third kappa shape index (κ3) is 3.71. The van der Waals surface area contributed by atoms with Gasteiger partial charge >= 0.3 is 5.97 Å². The zero-order valence-electron chi connectivity index (χ0n) is 15.9. The van der Waals surface area contributed by atoms with Gasteiger partial charge in [0.25, 0.3) is 0 Å². The van der Waals surface area contributed by atoms with E-state index in [9.17, 15) is 4.79 Å². The van der Waals surface area contributed by atoms with Crippen LogP contribution in [-0.2, 0) is 15.9 Å². The van der Waals surface area contributed by atoms with Crippen LogP contribution in [0.5, 0.6) is 0 Å². The van der Waals surface area contributed by atoms with E-state index in [1.54, 1.807) is 6.26 Å². The second-order valence-corrected chi connectivity index (χ2v) is 6.70. The highest BCUT2D eigenvalue weighted by molar-refractivity contribution is 6.06. The molecule has 144 valence electrons. The third-order valence-corrected chi connectivity index (χ3v) is 4.90. The van der Waals surface area contributed by atoms with E-state index in [0.717, 1.165) is 52.8 Å². The second kappa shape index (κ2) is 8.40. The van der Waals surface area contributed by atoms with E-state index >= 15 is 0 Å². The van der Waals surface area contributed by atoms with Crippen molar-refractivity contribution in [2.45, 2.75) is 26.2 Å². The maximum atomic E-state index is 13.0. The Morgan fingerprint density at radius 2 is 2.07 bits per heavy atom. The molecule has 0 amide bonds. The van der Waals surface area contributed by atoms with Crippen LogP contribution in [0, 0.1) is 0 Å². The van der Waals surface area contributed by atoms with Crippen LogP contribution in [-0.4, -0.2) is 30.8 Å². The Morgan fingerprint density at radius 1 is 1.18 bits per heavy atom. The van der Waals surface area contributed by atoms with Crippen LogP contribution >= 0.6 is 0 Å². The molecule has 0 unspecified atom stereocenters. The summed E-state index contributed by atoms with van der Waals surface area (Å²) in [5.74, 6) is 0.479. The molecule has 0 bridgehead atoms. The number of esters is 1. The van der Waals surface area contributed by atoms with Crippen molar-refractivity contribution < 1.29 is 18.7 Å². The minimum Gasteiger partial charge on any atom is -0.465 e. The smallest absolute Gasteiger partial charge is 0.339 e. The summed E-state index contributed by atoms with van der Waals surface area (Å²) < 4.78 is 16.3. The summed E-state index contributed by atoms with van der Waals surface area (Å²) in [5.41, 5.74) is 4.35. The van der Waals surface area contributed by atoms with E-state index in [1.807, 2.05) is 49.4 Å². The molecule has 2 aromatic heterocycles. The molecule has 0 fully saturated rings. The lowest BCUT2D eigenvalue weighted by atomic mass is 9.86. The maximum absolute atomic E-state index is 13.0. The van der Waals surface area contributed by atoms with Gasteiger partial charge in [0, 0.05) is 12.0 Å². The highest BCUT2D eigenvalue weighted by Gasteiger charge is 2.26. The van der Waals surface area contributed by atoms with Gasteiger partial charge < -0.3 is 13.9 Å². The summed E-state index contributed by atoms with van der Waals surface area (Å²) in [6.45, 7) is 3.16. The Kier molecular flexibility index (Phi) is 5.53. The first-order chi connectivity index (χ1) is 13.8. The quantitative estimate of drug-likeness (QED) is 0.452. The van der Waals surface area contributed by atoms with Crippen LogP contribution in [0.15, 0.2) is 47.1 Å². The molecule has 5 nitrogen and oxygen atoms in total. The Morgan fingerprint density at radius 3 is 2.89 bits per heavy atom. The van der Waals surface area contributed by atoms with Gasteiger partial charge in [-0.2, -0.15) is 0 Å². The fraction of sp³-hybridized carbons (Fsp3) is 0.304. The summed E-state index contributed by atoms with van der Waals surface area (Å²) in [5, 5.41) is 0.835. The fourth-order valence-electron chi connectivity index (χ4n) is 3.66. The lowest BCUT2D eigenvalue weighted by Crippen LogP contribution is -2.17.